The van der Waals surface area contributed by atoms with E-state index in [9.17, 15) is 14.7 Å². The molecule has 1 heterocycles. The topological polar surface area (TPSA) is 75.6 Å². The third-order valence-corrected chi connectivity index (χ3v) is 5.40. The standard InChI is InChI=1S/C15H23NO4/c1-8(11-3-2-6-20-11)16-14(17)12-9-4-5-10(7-9)13(12)15(18)19/h8-13H,2-7H2,1H3,(H,16,17)(H,18,19)/t8-,9-,10+,11+,12-,13+/m1/s1. The fraction of sp³-hybridized carbons (Fsp3) is 0.867. The van der Waals surface area contributed by atoms with Crippen LogP contribution in [0.15, 0.2) is 0 Å². The summed E-state index contributed by atoms with van der Waals surface area (Å²) in [7, 11) is 0. The molecular weight excluding hydrogens is 258 g/mol. The maximum Gasteiger partial charge on any atom is 0.307 e. The molecule has 0 aromatic carbocycles. The van der Waals surface area contributed by atoms with E-state index < -0.39 is 11.9 Å². The van der Waals surface area contributed by atoms with Gasteiger partial charge in [0.15, 0.2) is 0 Å². The number of carbonyl (C=O) groups excluding carboxylic acids is 1. The van der Waals surface area contributed by atoms with Crippen molar-refractivity contribution in [3.8, 4) is 0 Å². The van der Waals surface area contributed by atoms with Crippen molar-refractivity contribution in [2.24, 2.45) is 23.7 Å². The largest absolute Gasteiger partial charge is 0.481 e. The molecule has 0 unspecified atom stereocenters. The third-order valence-electron chi connectivity index (χ3n) is 5.40. The van der Waals surface area contributed by atoms with E-state index in [1.54, 1.807) is 0 Å². The predicted octanol–water partition coefficient (Wildman–Crippen LogP) is 1.42. The number of carbonyl (C=O) groups is 2. The van der Waals surface area contributed by atoms with Gasteiger partial charge in [0, 0.05) is 6.61 Å². The molecule has 5 nitrogen and oxygen atoms in total. The van der Waals surface area contributed by atoms with Crippen LogP contribution in [0.4, 0.5) is 0 Å². The molecule has 6 atom stereocenters. The highest BCUT2D eigenvalue weighted by molar-refractivity contribution is 5.86. The van der Waals surface area contributed by atoms with Gasteiger partial charge in [-0.1, -0.05) is 0 Å². The molecule has 3 rings (SSSR count). The lowest BCUT2D eigenvalue weighted by Crippen LogP contribution is -2.47. The maximum atomic E-state index is 12.5. The van der Waals surface area contributed by atoms with E-state index in [2.05, 4.69) is 5.32 Å². The maximum absolute atomic E-state index is 12.5. The van der Waals surface area contributed by atoms with E-state index in [0.717, 1.165) is 38.7 Å². The average molecular weight is 281 g/mol. The molecule has 3 fully saturated rings. The fourth-order valence-electron chi connectivity index (χ4n) is 4.43. The third kappa shape index (κ3) is 2.32. The Kier molecular flexibility index (Phi) is 3.71. The quantitative estimate of drug-likeness (QED) is 0.817. The van der Waals surface area contributed by atoms with Gasteiger partial charge in [-0.15, -0.1) is 0 Å². The Balaban J connectivity index is 1.65. The zero-order valence-electron chi connectivity index (χ0n) is 11.9. The molecule has 0 spiro atoms. The molecule has 1 amide bonds. The Morgan fingerprint density at radius 2 is 1.90 bits per heavy atom. The van der Waals surface area contributed by atoms with E-state index >= 15 is 0 Å². The van der Waals surface area contributed by atoms with E-state index in [4.69, 9.17) is 4.74 Å². The number of ether oxygens (including phenoxy) is 1. The van der Waals surface area contributed by atoms with Crippen LogP contribution < -0.4 is 5.32 Å². The average Bonchev–Trinajstić information content (AvgIpc) is 3.13. The van der Waals surface area contributed by atoms with Crippen LogP contribution in [0, 0.1) is 23.7 Å². The van der Waals surface area contributed by atoms with Gasteiger partial charge < -0.3 is 15.2 Å². The molecule has 5 heteroatoms. The van der Waals surface area contributed by atoms with Crippen molar-refractivity contribution in [3.63, 3.8) is 0 Å². The van der Waals surface area contributed by atoms with E-state index in [1.165, 1.54) is 0 Å². The summed E-state index contributed by atoms with van der Waals surface area (Å²) in [5.41, 5.74) is 0. The molecule has 1 saturated heterocycles. The van der Waals surface area contributed by atoms with Gasteiger partial charge in [0.05, 0.1) is 24.0 Å². The normalized spacial score (nSPS) is 40.8. The first kappa shape index (κ1) is 13.9. The summed E-state index contributed by atoms with van der Waals surface area (Å²) in [5, 5.41) is 12.4. The van der Waals surface area contributed by atoms with Gasteiger partial charge in [-0.2, -0.15) is 0 Å². The van der Waals surface area contributed by atoms with Crippen LogP contribution in [0.5, 0.6) is 0 Å². The minimum Gasteiger partial charge on any atom is -0.481 e. The van der Waals surface area contributed by atoms with E-state index in [-0.39, 0.29) is 35.8 Å². The van der Waals surface area contributed by atoms with Crippen LogP contribution in [0.25, 0.3) is 0 Å². The van der Waals surface area contributed by atoms with Gasteiger partial charge >= 0.3 is 5.97 Å². The van der Waals surface area contributed by atoms with Crippen molar-refractivity contribution in [1.29, 1.82) is 0 Å². The van der Waals surface area contributed by atoms with Gasteiger partial charge in [0.25, 0.3) is 0 Å². The minimum atomic E-state index is -0.804. The predicted molar refractivity (Wildman–Crippen MR) is 72.0 cm³/mol. The number of nitrogens with one attached hydrogen (secondary N) is 1. The second-order valence-corrected chi connectivity index (χ2v) is 6.57. The van der Waals surface area contributed by atoms with Crippen LogP contribution in [-0.4, -0.2) is 35.7 Å². The van der Waals surface area contributed by atoms with Crippen molar-refractivity contribution < 1.29 is 19.4 Å². The number of rotatable bonds is 4. The second-order valence-electron chi connectivity index (χ2n) is 6.57. The molecule has 1 aliphatic heterocycles. The molecular formula is C15H23NO4. The SMILES string of the molecule is C[C@@H](NC(=O)[C@@H]1[C@@H]2CC[C@@H](C2)[C@@H]1C(=O)O)[C@@H]1CCCO1. The van der Waals surface area contributed by atoms with Gasteiger partial charge in [-0.25, -0.2) is 0 Å². The smallest absolute Gasteiger partial charge is 0.307 e. The highest BCUT2D eigenvalue weighted by Gasteiger charge is 2.54. The first-order chi connectivity index (χ1) is 9.58. The Morgan fingerprint density at radius 1 is 1.20 bits per heavy atom. The molecule has 20 heavy (non-hydrogen) atoms. The first-order valence-electron chi connectivity index (χ1n) is 7.72. The lowest BCUT2D eigenvalue weighted by Gasteiger charge is -2.29. The summed E-state index contributed by atoms with van der Waals surface area (Å²) >= 11 is 0. The summed E-state index contributed by atoms with van der Waals surface area (Å²) in [6, 6.07) is -0.0291. The lowest BCUT2D eigenvalue weighted by atomic mass is 9.78. The van der Waals surface area contributed by atoms with Gasteiger partial charge in [-0.3, -0.25) is 9.59 Å². The van der Waals surface area contributed by atoms with Gasteiger partial charge in [0.2, 0.25) is 5.91 Å². The minimum absolute atomic E-state index is 0.0291. The first-order valence-corrected chi connectivity index (χ1v) is 7.72. The highest BCUT2D eigenvalue weighted by Crippen LogP contribution is 2.52. The number of fused-ring (bicyclic) bond motifs is 2. The number of hydrogen-bond acceptors (Lipinski definition) is 3. The zero-order valence-corrected chi connectivity index (χ0v) is 11.9. The molecule has 0 radical (unpaired) electrons. The highest BCUT2D eigenvalue weighted by atomic mass is 16.5. The number of aliphatic carboxylic acids is 1. The molecule has 2 bridgehead atoms. The van der Waals surface area contributed by atoms with E-state index in [0.29, 0.717) is 0 Å². The van der Waals surface area contributed by atoms with E-state index in [1.807, 2.05) is 6.92 Å². The second kappa shape index (κ2) is 5.35. The Morgan fingerprint density at radius 3 is 2.50 bits per heavy atom. The fourth-order valence-corrected chi connectivity index (χ4v) is 4.43. The van der Waals surface area contributed by atoms with Crippen molar-refractivity contribution in [2.75, 3.05) is 6.61 Å². The van der Waals surface area contributed by atoms with Crippen molar-refractivity contribution in [1.82, 2.24) is 5.32 Å². The Labute approximate surface area is 119 Å². The monoisotopic (exact) mass is 281 g/mol. The summed E-state index contributed by atoms with van der Waals surface area (Å²) < 4.78 is 5.58. The molecule has 2 saturated carbocycles. The molecule has 2 N–H and O–H groups in total. The molecule has 2 aliphatic carbocycles. The van der Waals surface area contributed by atoms with Crippen LogP contribution in [0.2, 0.25) is 0 Å². The Bertz CT molecular complexity index is 405. The van der Waals surface area contributed by atoms with Crippen LogP contribution in [-0.2, 0) is 14.3 Å². The number of carboxylic acid groups (broad SMARTS) is 1. The molecule has 0 aromatic rings. The number of hydrogen-bond donors (Lipinski definition) is 2. The molecule has 3 aliphatic rings. The van der Waals surface area contributed by atoms with Gasteiger partial charge in [-0.05, 0) is 50.9 Å². The summed E-state index contributed by atoms with van der Waals surface area (Å²) in [4.78, 5) is 23.9. The molecule has 0 aromatic heterocycles. The van der Waals surface area contributed by atoms with Crippen molar-refractivity contribution in [2.45, 2.75) is 51.2 Å². The van der Waals surface area contributed by atoms with Crippen molar-refractivity contribution in [3.05, 3.63) is 0 Å². The number of carboxylic acids is 1. The summed E-state index contributed by atoms with van der Waals surface area (Å²) in [6.45, 7) is 2.72. The van der Waals surface area contributed by atoms with Crippen LogP contribution >= 0.6 is 0 Å². The van der Waals surface area contributed by atoms with Gasteiger partial charge in [0.1, 0.15) is 0 Å². The molecule has 112 valence electrons. The summed E-state index contributed by atoms with van der Waals surface area (Å²) in [6.07, 6.45) is 4.97. The Hall–Kier alpha value is -1.10. The van der Waals surface area contributed by atoms with Crippen molar-refractivity contribution >= 4 is 11.9 Å². The zero-order chi connectivity index (χ0) is 14.3. The lowest BCUT2D eigenvalue weighted by molar-refractivity contribution is -0.149. The number of amides is 1. The van der Waals surface area contributed by atoms with Crippen LogP contribution in [0.3, 0.4) is 0 Å². The summed E-state index contributed by atoms with van der Waals surface area (Å²) in [5.74, 6) is -1.24. The van der Waals surface area contributed by atoms with Crippen LogP contribution in [0.1, 0.15) is 39.0 Å².